The summed E-state index contributed by atoms with van der Waals surface area (Å²) in [5.74, 6) is 0. The van der Waals surface area contributed by atoms with Crippen molar-refractivity contribution in [2.75, 3.05) is 27.2 Å². The van der Waals surface area contributed by atoms with E-state index in [9.17, 15) is 4.79 Å². The molecule has 2 heterocycles. The molecule has 0 saturated carbocycles. The smallest absolute Gasteiger partial charge is 0.317 e. The maximum atomic E-state index is 11.5. The molecule has 0 aromatic heterocycles. The fraction of sp³-hybridized carbons (Fsp3) is 0.900. The van der Waals surface area contributed by atoms with Crippen LogP contribution in [0.2, 0.25) is 0 Å². The lowest BCUT2D eigenvalue weighted by atomic mass is 10.0. The number of nitrogens with zero attached hydrogens (tertiary/aromatic N) is 1. The van der Waals surface area contributed by atoms with E-state index in [2.05, 4.69) is 10.6 Å². The molecule has 0 spiro atoms. The number of fused-ring (bicyclic) bond motifs is 1. The molecule has 2 amide bonds. The molecule has 2 fully saturated rings. The molecule has 2 aliphatic rings. The Morgan fingerprint density at radius 2 is 2.33 bits per heavy atom. The summed E-state index contributed by atoms with van der Waals surface area (Å²) in [6, 6.07) is 0.494. The zero-order valence-electron chi connectivity index (χ0n) is 9.32. The maximum absolute atomic E-state index is 11.5. The Morgan fingerprint density at radius 3 is 3.07 bits per heavy atom. The van der Waals surface area contributed by atoms with Crippen molar-refractivity contribution < 1.29 is 9.53 Å². The van der Waals surface area contributed by atoms with Crippen molar-refractivity contribution >= 4 is 6.03 Å². The third-order valence-electron chi connectivity index (χ3n) is 3.08. The highest BCUT2D eigenvalue weighted by molar-refractivity contribution is 5.74. The van der Waals surface area contributed by atoms with Gasteiger partial charge in [0, 0.05) is 33.3 Å². The minimum Gasteiger partial charge on any atom is -0.374 e. The number of amides is 2. The number of hydrogen-bond donors (Lipinski definition) is 2. The SMILES string of the molecule is CN(C)C(=O)N[C@@H]1CN[C@H]2CCCO[C@H]21. The van der Waals surface area contributed by atoms with Crippen LogP contribution < -0.4 is 10.6 Å². The second-order valence-electron chi connectivity index (χ2n) is 4.44. The van der Waals surface area contributed by atoms with Gasteiger partial charge in [-0.05, 0) is 12.8 Å². The van der Waals surface area contributed by atoms with Crippen molar-refractivity contribution in [3.05, 3.63) is 0 Å². The quantitative estimate of drug-likeness (QED) is 0.633. The molecule has 5 heteroatoms. The summed E-state index contributed by atoms with van der Waals surface area (Å²) >= 11 is 0. The van der Waals surface area contributed by atoms with Gasteiger partial charge in [0.05, 0.1) is 12.1 Å². The third-order valence-corrected chi connectivity index (χ3v) is 3.08. The zero-order chi connectivity index (χ0) is 10.8. The average Bonchev–Trinajstić information content (AvgIpc) is 2.62. The molecule has 2 N–H and O–H groups in total. The summed E-state index contributed by atoms with van der Waals surface area (Å²) < 4.78 is 5.70. The predicted octanol–water partition coefficient (Wildman–Crippen LogP) is -0.223. The van der Waals surface area contributed by atoms with E-state index in [1.54, 1.807) is 19.0 Å². The lowest BCUT2D eigenvalue weighted by Crippen LogP contribution is -2.50. The Kier molecular flexibility index (Phi) is 3.11. The van der Waals surface area contributed by atoms with Crippen LogP contribution in [0.5, 0.6) is 0 Å². The van der Waals surface area contributed by atoms with Gasteiger partial charge in [0.25, 0.3) is 0 Å². The molecule has 2 aliphatic heterocycles. The van der Waals surface area contributed by atoms with E-state index in [0.717, 1.165) is 26.0 Å². The van der Waals surface area contributed by atoms with Gasteiger partial charge in [-0.1, -0.05) is 0 Å². The summed E-state index contributed by atoms with van der Waals surface area (Å²) in [4.78, 5) is 13.1. The van der Waals surface area contributed by atoms with Crippen LogP contribution in [0.4, 0.5) is 4.79 Å². The summed E-state index contributed by atoms with van der Waals surface area (Å²) in [5.41, 5.74) is 0. The number of nitrogens with one attached hydrogen (secondary N) is 2. The lowest BCUT2D eigenvalue weighted by Gasteiger charge is -2.29. The topological polar surface area (TPSA) is 53.6 Å². The predicted molar refractivity (Wildman–Crippen MR) is 56.8 cm³/mol. The Labute approximate surface area is 90.1 Å². The van der Waals surface area contributed by atoms with Crippen LogP contribution >= 0.6 is 0 Å². The summed E-state index contributed by atoms with van der Waals surface area (Å²) in [7, 11) is 3.49. The first-order chi connectivity index (χ1) is 7.18. The van der Waals surface area contributed by atoms with E-state index in [-0.39, 0.29) is 18.2 Å². The van der Waals surface area contributed by atoms with Crippen molar-refractivity contribution in [1.82, 2.24) is 15.5 Å². The molecular formula is C10H19N3O2. The molecule has 2 rings (SSSR count). The van der Waals surface area contributed by atoms with E-state index >= 15 is 0 Å². The van der Waals surface area contributed by atoms with Crippen LogP contribution in [0.1, 0.15) is 12.8 Å². The van der Waals surface area contributed by atoms with Gasteiger partial charge in [0.2, 0.25) is 0 Å². The summed E-state index contributed by atoms with van der Waals surface area (Å²) in [5, 5.41) is 6.37. The second-order valence-corrected chi connectivity index (χ2v) is 4.44. The Balaban J connectivity index is 1.90. The van der Waals surface area contributed by atoms with Crippen LogP contribution in [0, 0.1) is 0 Å². The van der Waals surface area contributed by atoms with Crippen molar-refractivity contribution in [3.63, 3.8) is 0 Å². The number of carbonyl (C=O) groups excluding carboxylic acids is 1. The zero-order valence-corrected chi connectivity index (χ0v) is 9.32. The normalized spacial score (nSPS) is 34.7. The molecule has 86 valence electrons. The van der Waals surface area contributed by atoms with Crippen LogP contribution in [-0.4, -0.2) is 56.4 Å². The van der Waals surface area contributed by atoms with Gasteiger partial charge in [0.15, 0.2) is 0 Å². The minimum atomic E-state index is -0.0448. The highest BCUT2D eigenvalue weighted by Crippen LogP contribution is 2.21. The van der Waals surface area contributed by atoms with Gasteiger partial charge in [-0.15, -0.1) is 0 Å². The molecule has 0 bridgehead atoms. The molecular weight excluding hydrogens is 194 g/mol. The number of urea groups is 1. The van der Waals surface area contributed by atoms with Gasteiger partial charge in [-0.3, -0.25) is 0 Å². The number of ether oxygens (including phenoxy) is 1. The van der Waals surface area contributed by atoms with Gasteiger partial charge in [-0.2, -0.15) is 0 Å². The summed E-state index contributed by atoms with van der Waals surface area (Å²) in [6.07, 6.45) is 2.42. The van der Waals surface area contributed by atoms with Crippen molar-refractivity contribution in [2.24, 2.45) is 0 Å². The van der Waals surface area contributed by atoms with E-state index in [4.69, 9.17) is 4.74 Å². The van der Waals surface area contributed by atoms with Gasteiger partial charge < -0.3 is 20.3 Å². The highest BCUT2D eigenvalue weighted by atomic mass is 16.5. The van der Waals surface area contributed by atoms with Crippen LogP contribution in [0.3, 0.4) is 0 Å². The van der Waals surface area contributed by atoms with Crippen molar-refractivity contribution in [2.45, 2.75) is 31.0 Å². The van der Waals surface area contributed by atoms with Gasteiger partial charge >= 0.3 is 6.03 Å². The lowest BCUT2D eigenvalue weighted by molar-refractivity contribution is -0.00131. The molecule has 0 radical (unpaired) electrons. The van der Waals surface area contributed by atoms with Gasteiger partial charge in [0.1, 0.15) is 0 Å². The first-order valence-electron chi connectivity index (χ1n) is 5.51. The molecule has 15 heavy (non-hydrogen) atoms. The fourth-order valence-electron chi connectivity index (χ4n) is 2.23. The Bertz CT molecular complexity index is 245. The molecule has 0 aromatic carbocycles. The standard InChI is InChI=1S/C10H19N3O2/c1-13(2)10(14)12-8-6-11-7-4-3-5-15-9(7)8/h7-9,11H,3-6H2,1-2H3,(H,12,14)/t7-,8+,9+/m0/s1. The van der Waals surface area contributed by atoms with Crippen molar-refractivity contribution in [1.29, 1.82) is 0 Å². The number of rotatable bonds is 1. The number of hydrogen-bond acceptors (Lipinski definition) is 3. The minimum absolute atomic E-state index is 0.0448. The molecule has 2 saturated heterocycles. The largest absolute Gasteiger partial charge is 0.374 e. The average molecular weight is 213 g/mol. The Hall–Kier alpha value is -0.810. The highest BCUT2D eigenvalue weighted by Gasteiger charge is 2.39. The van der Waals surface area contributed by atoms with Crippen LogP contribution in [0.15, 0.2) is 0 Å². The van der Waals surface area contributed by atoms with E-state index < -0.39 is 0 Å². The molecule has 5 nitrogen and oxygen atoms in total. The molecule has 0 aliphatic carbocycles. The second kappa shape index (κ2) is 4.37. The van der Waals surface area contributed by atoms with E-state index in [1.165, 1.54) is 0 Å². The summed E-state index contributed by atoms with van der Waals surface area (Å²) in [6.45, 7) is 1.63. The molecule has 3 atom stereocenters. The maximum Gasteiger partial charge on any atom is 0.317 e. The third kappa shape index (κ3) is 2.23. The first-order valence-corrected chi connectivity index (χ1v) is 5.51. The monoisotopic (exact) mass is 213 g/mol. The fourth-order valence-corrected chi connectivity index (χ4v) is 2.23. The van der Waals surface area contributed by atoms with E-state index in [1.807, 2.05) is 0 Å². The van der Waals surface area contributed by atoms with Crippen LogP contribution in [-0.2, 0) is 4.74 Å². The van der Waals surface area contributed by atoms with Gasteiger partial charge in [-0.25, -0.2) is 4.79 Å². The molecule has 0 unspecified atom stereocenters. The Morgan fingerprint density at radius 1 is 1.53 bits per heavy atom. The van der Waals surface area contributed by atoms with Crippen LogP contribution in [0.25, 0.3) is 0 Å². The first kappa shape index (κ1) is 10.7. The van der Waals surface area contributed by atoms with Crippen molar-refractivity contribution in [3.8, 4) is 0 Å². The number of carbonyl (C=O) groups is 1. The molecule has 0 aromatic rings. The van der Waals surface area contributed by atoms with E-state index in [0.29, 0.717) is 6.04 Å².